The van der Waals surface area contributed by atoms with Crippen molar-refractivity contribution in [2.24, 2.45) is 23.2 Å². The number of carbonyl (C=O) groups is 1. The third-order valence-electron chi connectivity index (χ3n) is 7.33. The Balaban J connectivity index is 1.65. The average Bonchev–Trinajstić information content (AvgIpc) is 2.61. The minimum absolute atomic E-state index is 0.0989. The molecule has 2 fully saturated rings. The molecule has 4 heteroatoms. The minimum atomic E-state index is -0.246. The van der Waals surface area contributed by atoms with Crippen molar-refractivity contribution < 1.29 is 14.3 Å². The van der Waals surface area contributed by atoms with E-state index >= 15 is 0 Å². The first-order valence-corrected chi connectivity index (χ1v) is 10.7. The summed E-state index contributed by atoms with van der Waals surface area (Å²) in [6.45, 7) is 10.2. The number of ether oxygens (including phenoxy) is 2. The van der Waals surface area contributed by atoms with Gasteiger partial charge in [0.1, 0.15) is 6.61 Å². The molecule has 4 nitrogen and oxygen atoms in total. The van der Waals surface area contributed by atoms with Crippen LogP contribution in [0.5, 0.6) is 0 Å². The lowest BCUT2D eigenvalue weighted by Crippen LogP contribution is -2.57. The Morgan fingerprint density at radius 3 is 2.73 bits per heavy atom. The number of alkyl carbamates (subject to hydrolysis) is 1. The van der Waals surface area contributed by atoms with E-state index in [1.54, 1.807) is 0 Å². The quantitative estimate of drug-likeness (QED) is 0.693. The van der Waals surface area contributed by atoms with Gasteiger partial charge in [-0.05, 0) is 38.0 Å². The SMILES string of the molecule is CCCC1OCC2(COC(=O)NC3CCCCC3)C(C)C=C(C)C1C2C. The topological polar surface area (TPSA) is 47.6 Å². The van der Waals surface area contributed by atoms with Gasteiger partial charge in [0.05, 0.1) is 12.7 Å². The first-order chi connectivity index (χ1) is 12.5. The maximum Gasteiger partial charge on any atom is 0.407 e. The second-order valence-corrected chi connectivity index (χ2v) is 8.94. The second kappa shape index (κ2) is 8.33. The van der Waals surface area contributed by atoms with Crippen molar-refractivity contribution in [2.45, 2.75) is 84.8 Å². The van der Waals surface area contributed by atoms with Gasteiger partial charge in [-0.3, -0.25) is 0 Å². The van der Waals surface area contributed by atoms with E-state index in [9.17, 15) is 4.79 Å². The molecule has 0 aromatic rings. The zero-order chi connectivity index (χ0) is 18.7. The fourth-order valence-corrected chi connectivity index (χ4v) is 5.59. The Bertz CT molecular complexity index is 525. The predicted octanol–water partition coefficient (Wildman–Crippen LogP) is 5.08. The van der Waals surface area contributed by atoms with Gasteiger partial charge >= 0.3 is 6.09 Å². The summed E-state index contributed by atoms with van der Waals surface area (Å²) < 4.78 is 12.1. The maximum absolute atomic E-state index is 12.4. The molecule has 1 N–H and O–H groups in total. The van der Waals surface area contributed by atoms with Crippen molar-refractivity contribution in [1.82, 2.24) is 5.32 Å². The van der Waals surface area contributed by atoms with Crippen molar-refractivity contribution in [1.29, 1.82) is 0 Å². The molecule has 3 rings (SSSR count). The Morgan fingerprint density at radius 1 is 1.31 bits per heavy atom. The standard InChI is InChI=1S/C22H37NO3/c1-5-9-19-20-15(2)12-16(3)22(13-25-19,17(20)4)14-26-21(24)23-18-10-7-6-8-11-18/h12,16-20H,5-11,13-14H2,1-4H3,(H,23,24). The van der Waals surface area contributed by atoms with E-state index in [1.165, 1.54) is 24.8 Å². The highest BCUT2D eigenvalue weighted by Crippen LogP contribution is 2.53. The summed E-state index contributed by atoms with van der Waals surface area (Å²) in [4.78, 5) is 12.4. The van der Waals surface area contributed by atoms with Crippen LogP contribution >= 0.6 is 0 Å². The summed E-state index contributed by atoms with van der Waals surface area (Å²) in [5, 5.41) is 3.08. The lowest BCUT2D eigenvalue weighted by Gasteiger charge is -2.55. The van der Waals surface area contributed by atoms with Gasteiger partial charge in [0.25, 0.3) is 0 Å². The Labute approximate surface area is 159 Å². The van der Waals surface area contributed by atoms with Crippen molar-refractivity contribution >= 4 is 6.09 Å². The van der Waals surface area contributed by atoms with Gasteiger partial charge in [-0.2, -0.15) is 0 Å². The molecule has 26 heavy (non-hydrogen) atoms. The molecule has 3 aliphatic rings. The molecule has 1 aliphatic heterocycles. The summed E-state index contributed by atoms with van der Waals surface area (Å²) in [5.74, 6) is 1.28. The van der Waals surface area contributed by atoms with Crippen LogP contribution in [0.2, 0.25) is 0 Å². The fourth-order valence-electron chi connectivity index (χ4n) is 5.59. The molecule has 0 aromatic carbocycles. The van der Waals surface area contributed by atoms with Crippen LogP contribution in [0.3, 0.4) is 0 Å². The molecule has 0 aromatic heterocycles. The summed E-state index contributed by atoms with van der Waals surface area (Å²) >= 11 is 0. The average molecular weight is 364 g/mol. The number of amides is 1. The van der Waals surface area contributed by atoms with Gasteiger partial charge in [-0.1, -0.05) is 58.1 Å². The number of hydrogen-bond donors (Lipinski definition) is 1. The first kappa shape index (κ1) is 19.7. The zero-order valence-corrected chi connectivity index (χ0v) is 17.1. The summed E-state index contributed by atoms with van der Waals surface area (Å²) in [6, 6.07) is 0.293. The molecular formula is C22H37NO3. The van der Waals surface area contributed by atoms with Crippen LogP contribution in [0.4, 0.5) is 4.79 Å². The fraction of sp³-hybridized carbons (Fsp3) is 0.864. The van der Waals surface area contributed by atoms with Crippen LogP contribution < -0.4 is 5.32 Å². The molecule has 2 aliphatic carbocycles. The molecule has 1 heterocycles. The lowest BCUT2D eigenvalue weighted by atomic mass is 9.56. The van der Waals surface area contributed by atoms with Gasteiger partial charge in [0.15, 0.2) is 0 Å². The molecule has 1 amide bonds. The number of allylic oxidation sites excluding steroid dienone is 1. The molecule has 2 bridgehead atoms. The zero-order valence-electron chi connectivity index (χ0n) is 17.1. The van der Waals surface area contributed by atoms with Crippen LogP contribution in [0, 0.1) is 23.2 Å². The number of rotatable bonds is 5. The van der Waals surface area contributed by atoms with Gasteiger partial charge in [-0.15, -0.1) is 0 Å². The number of fused-ring (bicyclic) bond motifs is 2. The Hall–Kier alpha value is -1.03. The van der Waals surface area contributed by atoms with E-state index in [1.807, 2.05) is 0 Å². The molecule has 0 spiro atoms. The molecule has 148 valence electrons. The van der Waals surface area contributed by atoms with Gasteiger partial charge in [0.2, 0.25) is 0 Å². The lowest BCUT2D eigenvalue weighted by molar-refractivity contribution is -0.164. The normalized spacial score (nSPS) is 37.8. The molecule has 0 radical (unpaired) electrons. The van der Waals surface area contributed by atoms with E-state index in [4.69, 9.17) is 9.47 Å². The Morgan fingerprint density at radius 2 is 2.04 bits per heavy atom. The van der Waals surface area contributed by atoms with Gasteiger partial charge < -0.3 is 14.8 Å². The predicted molar refractivity (Wildman–Crippen MR) is 104 cm³/mol. The monoisotopic (exact) mass is 363 g/mol. The second-order valence-electron chi connectivity index (χ2n) is 8.94. The number of hydrogen-bond acceptors (Lipinski definition) is 3. The summed E-state index contributed by atoms with van der Waals surface area (Å²) in [6.07, 6.45) is 10.6. The third kappa shape index (κ3) is 3.81. The highest BCUT2D eigenvalue weighted by atomic mass is 16.6. The van der Waals surface area contributed by atoms with Crippen LogP contribution in [0.15, 0.2) is 11.6 Å². The largest absolute Gasteiger partial charge is 0.449 e. The van der Waals surface area contributed by atoms with E-state index in [0.717, 1.165) is 25.7 Å². The molecule has 1 saturated carbocycles. The van der Waals surface area contributed by atoms with E-state index in [-0.39, 0.29) is 11.5 Å². The first-order valence-electron chi connectivity index (χ1n) is 10.7. The molecule has 5 atom stereocenters. The number of carbonyl (C=O) groups excluding carboxylic acids is 1. The van der Waals surface area contributed by atoms with Crippen molar-refractivity contribution in [3.63, 3.8) is 0 Å². The summed E-state index contributed by atoms with van der Waals surface area (Å²) in [5.41, 5.74) is 1.35. The summed E-state index contributed by atoms with van der Waals surface area (Å²) in [7, 11) is 0. The highest BCUT2D eigenvalue weighted by Gasteiger charge is 2.53. The van der Waals surface area contributed by atoms with Crippen LogP contribution in [-0.2, 0) is 9.47 Å². The Kier molecular flexibility index (Phi) is 6.32. The molecular weight excluding hydrogens is 326 g/mol. The van der Waals surface area contributed by atoms with Gasteiger partial charge in [0, 0.05) is 17.4 Å². The smallest absolute Gasteiger partial charge is 0.407 e. The van der Waals surface area contributed by atoms with E-state index in [0.29, 0.717) is 43.1 Å². The van der Waals surface area contributed by atoms with Crippen molar-refractivity contribution in [3.05, 3.63) is 11.6 Å². The van der Waals surface area contributed by atoms with E-state index in [2.05, 4.69) is 39.1 Å². The number of nitrogens with one attached hydrogen (secondary N) is 1. The van der Waals surface area contributed by atoms with Crippen molar-refractivity contribution in [3.8, 4) is 0 Å². The molecule has 5 unspecified atom stereocenters. The van der Waals surface area contributed by atoms with Crippen LogP contribution in [0.1, 0.15) is 72.6 Å². The third-order valence-corrected chi connectivity index (χ3v) is 7.33. The highest BCUT2D eigenvalue weighted by molar-refractivity contribution is 5.67. The maximum atomic E-state index is 12.4. The van der Waals surface area contributed by atoms with Crippen molar-refractivity contribution in [2.75, 3.05) is 13.2 Å². The van der Waals surface area contributed by atoms with Gasteiger partial charge in [-0.25, -0.2) is 4.79 Å². The molecule has 1 saturated heterocycles. The van der Waals surface area contributed by atoms with Crippen LogP contribution in [0.25, 0.3) is 0 Å². The minimum Gasteiger partial charge on any atom is -0.449 e. The van der Waals surface area contributed by atoms with Crippen LogP contribution in [-0.4, -0.2) is 31.5 Å². The van der Waals surface area contributed by atoms with E-state index < -0.39 is 0 Å².